The summed E-state index contributed by atoms with van der Waals surface area (Å²) in [5.74, 6) is -0.503. The largest absolute Gasteiger partial charge is 0.356 e. The minimum atomic E-state index is -0.691. The Kier molecular flexibility index (Phi) is 3.69. The van der Waals surface area contributed by atoms with Crippen LogP contribution in [0.5, 0.6) is 0 Å². The first-order valence-corrected chi connectivity index (χ1v) is 2.76. The minimum absolute atomic E-state index is 0. The van der Waals surface area contributed by atoms with Crippen molar-refractivity contribution in [1.82, 2.24) is 8.84 Å². The Morgan fingerprint density at radius 2 is 1.80 bits per heavy atom. The Hall–Kier alpha value is 0.260. The number of hydrogen-bond donors (Lipinski definition) is 0. The van der Waals surface area contributed by atoms with Crippen molar-refractivity contribution in [3.05, 3.63) is 0 Å². The summed E-state index contributed by atoms with van der Waals surface area (Å²) in [5, 5.41) is 0. The molecule has 7 heteroatoms. The molecular weight excluding hydrogens is 364 g/mol. The molecule has 1 radical (unpaired) electrons. The molecule has 61 valence electrons. The number of halogens is 2. The van der Waals surface area contributed by atoms with Crippen molar-refractivity contribution in [3.8, 4) is 0 Å². The third-order valence-electron chi connectivity index (χ3n) is 0.869. The van der Waals surface area contributed by atoms with Crippen LogP contribution in [0.3, 0.4) is 0 Å². The molecule has 0 saturated carbocycles. The van der Waals surface area contributed by atoms with E-state index in [1.165, 1.54) is 0 Å². The fraction of sp³-hybridized carbons (Fsp3) is 0.333. The fourth-order valence-corrected chi connectivity index (χ4v) is 0.812. The van der Waals surface area contributed by atoms with Crippen LogP contribution in [0.2, 0.25) is 0 Å². The summed E-state index contributed by atoms with van der Waals surface area (Å²) in [6.45, 7) is -0.149. The van der Waals surface area contributed by atoms with Gasteiger partial charge in [-0.3, -0.25) is 4.79 Å². The van der Waals surface area contributed by atoms with E-state index in [2.05, 4.69) is 0 Å². The first kappa shape index (κ1) is 10.3. The summed E-state index contributed by atoms with van der Waals surface area (Å²) >= 11 is 10.3. The Bertz CT molecular complexity index is 176. The van der Waals surface area contributed by atoms with Crippen LogP contribution in [0.15, 0.2) is 0 Å². The maximum absolute atomic E-state index is 10.5. The van der Waals surface area contributed by atoms with Gasteiger partial charge in [0.1, 0.15) is 6.54 Å². The van der Waals surface area contributed by atoms with Gasteiger partial charge in [-0.05, 0) is 0 Å². The van der Waals surface area contributed by atoms with Gasteiger partial charge in [-0.2, -0.15) is 4.42 Å². The standard InChI is InChI=1S/C3H2Cl2N2O2.Au/c4-6-1-2(8)7(5)3(6)9;/h1H2;. The van der Waals surface area contributed by atoms with Crippen LogP contribution < -0.4 is 0 Å². The number of hydrogen-bond acceptors (Lipinski definition) is 2. The number of carbonyl (C=O) groups is 2. The van der Waals surface area contributed by atoms with Gasteiger partial charge < -0.3 is 0 Å². The molecule has 1 rings (SSSR count). The second-order valence-electron chi connectivity index (χ2n) is 1.48. The molecule has 1 saturated heterocycles. The molecule has 4 nitrogen and oxygen atoms in total. The van der Waals surface area contributed by atoms with Crippen LogP contribution >= 0.6 is 23.6 Å². The van der Waals surface area contributed by atoms with Gasteiger partial charge in [0.15, 0.2) is 0 Å². The van der Waals surface area contributed by atoms with Crippen molar-refractivity contribution in [1.29, 1.82) is 0 Å². The number of rotatable bonds is 0. The summed E-state index contributed by atoms with van der Waals surface area (Å²) in [6, 6.07) is -0.691. The predicted molar refractivity (Wildman–Crippen MR) is 30.7 cm³/mol. The van der Waals surface area contributed by atoms with Gasteiger partial charge in [-0.15, -0.1) is 0 Å². The number of imide groups is 1. The maximum Gasteiger partial charge on any atom is 0.356 e. The normalized spacial score (nSPS) is 17.8. The van der Waals surface area contributed by atoms with Crippen LogP contribution in [0.4, 0.5) is 4.79 Å². The Labute approximate surface area is 82.8 Å². The number of amides is 3. The minimum Gasteiger partial charge on any atom is -0.271 e. The first-order chi connectivity index (χ1) is 4.13. The zero-order chi connectivity index (χ0) is 7.02. The third-order valence-corrected chi connectivity index (χ3v) is 1.47. The molecule has 0 bridgehead atoms. The topological polar surface area (TPSA) is 40.6 Å². The molecule has 3 amide bonds. The molecule has 1 fully saturated rings. The van der Waals surface area contributed by atoms with E-state index in [1.54, 1.807) is 0 Å². The number of urea groups is 1. The van der Waals surface area contributed by atoms with E-state index < -0.39 is 11.9 Å². The average molecular weight is 366 g/mol. The van der Waals surface area contributed by atoms with E-state index in [9.17, 15) is 9.59 Å². The van der Waals surface area contributed by atoms with Gasteiger partial charge in [0.05, 0.1) is 0 Å². The van der Waals surface area contributed by atoms with E-state index in [-0.39, 0.29) is 28.9 Å². The number of carbonyl (C=O) groups excluding carboxylic acids is 2. The zero-order valence-electron chi connectivity index (χ0n) is 4.48. The Morgan fingerprint density at radius 3 is 1.90 bits per heavy atom. The molecule has 1 heterocycles. The average Bonchev–Trinajstić information content (AvgIpc) is 1.98. The smallest absolute Gasteiger partial charge is 0.271 e. The van der Waals surface area contributed by atoms with Gasteiger partial charge in [-0.25, -0.2) is 9.21 Å². The van der Waals surface area contributed by atoms with Gasteiger partial charge in [0.2, 0.25) is 0 Å². The molecule has 0 atom stereocenters. The summed E-state index contributed by atoms with van der Waals surface area (Å²) in [4.78, 5) is 20.9. The summed E-state index contributed by atoms with van der Waals surface area (Å²) in [6.07, 6.45) is 0. The first-order valence-electron chi connectivity index (χ1n) is 2.09. The molecule has 1 aliphatic heterocycles. The Balaban J connectivity index is 0.000000810. The quantitative estimate of drug-likeness (QED) is 0.357. The van der Waals surface area contributed by atoms with E-state index in [0.29, 0.717) is 4.42 Å². The molecule has 0 aromatic rings. The summed E-state index contributed by atoms with van der Waals surface area (Å²) in [7, 11) is 0. The second-order valence-corrected chi connectivity index (χ2v) is 2.22. The monoisotopic (exact) mass is 365 g/mol. The van der Waals surface area contributed by atoms with Gasteiger partial charge in [-0.1, -0.05) is 0 Å². The Morgan fingerprint density at radius 1 is 1.30 bits per heavy atom. The van der Waals surface area contributed by atoms with Gasteiger partial charge in [0.25, 0.3) is 5.91 Å². The van der Waals surface area contributed by atoms with E-state index in [0.717, 1.165) is 4.42 Å². The summed E-state index contributed by atoms with van der Waals surface area (Å²) in [5.41, 5.74) is 0. The van der Waals surface area contributed by atoms with Crippen molar-refractivity contribution in [2.24, 2.45) is 0 Å². The van der Waals surface area contributed by atoms with Crippen LogP contribution in [-0.4, -0.2) is 27.3 Å². The molecule has 0 N–H and O–H groups in total. The summed E-state index contributed by atoms with van der Waals surface area (Å²) < 4.78 is 1.17. The van der Waals surface area contributed by atoms with Crippen molar-refractivity contribution in [2.45, 2.75) is 0 Å². The van der Waals surface area contributed by atoms with Crippen LogP contribution in [0, 0.1) is 0 Å². The second kappa shape index (κ2) is 3.59. The molecule has 10 heavy (non-hydrogen) atoms. The van der Waals surface area contributed by atoms with Gasteiger partial charge >= 0.3 is 6.03 Å². The molecule has 0 aromatic heterocycles. The van der Waals surface area contributed by atoms with E-state index >= 15 is 0 Å². The molecule has 1 aliphatic rings. The van der Waals surface area contributed by atoms with Crippen molar-refractivity contribution in [2.75, 3.05) is 6.54 Å². The fourth-order valence-electron chi connectivity index (χ4n) is 0.450. The van der Waals surface area contributed by atoms with Crippen LogP contribution in [0.25, 0.3) is 0 Å². The van der Waals surface area contributed by atoms with E-state index in [1.807, 2.05) is 0 Å². The maximum atomic E-state index is 10.5. The van der Waals surface area contributed by atoms with E-state index in [4.69, 9.17) is 23.6 Å². The van der Waals surface area contributed by atoms with Crippen molar-refractivity contribution >= 4 is 35.5 Å². The molecule has 0 aliphatic carbocycles. The van der Waals surface area contributed by atoms with Crippen molar-refractivity contribution in [3.63, 3.8) is 0 Å². The zero-order valence-corrected chi connectivity index (χ0v) is 8.15. The SMILES string of the molecule is O=C1CN(Cl)C(=O)N1Cl.[Au]. The van der Waals surface area contributed by atoms with Crippen LogP contribution in [0.1, 0.15) is 0 Å². The third kappa shape index (κ3) is 1.65. The van der Waals surface area contributed by atoms with Gasteiger partial charge in [0, 0.05) is 45.9 Å². The molecule has 0 unspecified atom stereocenters. The molecular formula is C3H2AuCl2N2O2. The van der Waals surface area contributed by atoms with Crippen molar-refractivity contribution < 1.29 is 32.0 Å². The predicted octanol–water partition coefficient (Wildman–Crippen LogP) is 0.556. The molecule has 0 aromatic carbocycles. The molecule has 0 spiro atoms. The van der Waals surface area contributed by atoms with Crippen LogP contribution in [-0.2, 0) is 27.2 Å². The number of nitrogens with zero attached hydrogens (tertiary/aromatic N) is 2.